The van der Waals surface area contributed by atoms with Crippen LogP contribution in [0.1, 0.15) is 40.5 Å². The average molecular weight is 547 g/mol. The van der Waals surface area contributed by atoms with Gasteiger partial charge in [-0.2, -0.15) is 0 Å². The minimum Gasteiger partial charge on any atom is -0.333 e. The second-order valence-corrected chi connectivity index (χ2v) is 10.6. The van der Waals surface area contributed by atoms with Crippen LogP contribution in [0, 0.1) is 0 Å². The quantitative estimate of drug-likeness (QED) is 0.230. The fraction of sp³-hybridized carbons (Fsp3) is 0.233. The summed E-state index contributed by atoms with van der Waals surface area (Å²) in [5.74, 6) is -0.117. The van der Waals surface area contributed by atoms with Gasteiger partial charge in [0, 0.05) is 35.2 Å². The zero-order valence-corrected chi connectivity index (χ0v) is 23.1. The molecule has 0 fully saturated rings. The highest BCUT2D eigenvalue weighted by molar-refractivity contribution is 7.09. The number of carbonyl (C=O) groups excluding carboxylic acids is 2. The van der Waals surface area contributed by atoms with Gasteiger partial charge in [0.05, 0.1) is 6.54 Å². The molecular formula is C30H31ClN4O2S. The first-order chi connectivity index (χ1) is 18.4. The maximum absolute atomic E-state index is 13.6. The van der Waals surface area contributed by atoms with E-state index in [2.05, 4.69) is 22.4 Å². The van der Waals surface area contributed by atoms with Gasteiger partial charge in [-0.25, -0.2) is 9.78 Å². The molecule has 0 saturated carbocycles. The maximum atomic E-state index is 13.6. The lowest BCUT2D eigenvalue weighted by molar-refractivity contribution is 0.0739. The number of anilines is 1. The van der Waals surface area contributed by atoms with Gasteiger partial charge in [-0.1, -0.05) is 72.3 Å². The second-order valence-electron chi connectivity index (χ2n) is 9.23. The van der Waals surface area contributed by atoms with Crippen molar-refractivity contribution in [3.05, 3.63) is 117 Å². The summed E-state index contributed by atoms with van der Waals surface area (Å²) in [6.45, 7) is 5.28. The van der Waals surface area contributed by atoms with Crippen LogP contribution in [-0.2, 0) is 19.5 Å². The molecule has 4 aromatic rings. The molecule has 0 radical (unpaired) electrons. The molecule has 1 N–H and O–H groups in total. The predicted molar refractivity (Wildman–Crippen MR) is 155 cm³/mol. The Balaban J connectivity index is 1.46. The van der Waals surface area contributed by atoms with E-state index in [9.17, 15) is 9.59 Å². The van der Waals surface area contributed by atoms with E-state index >= 15 is 0 Å². The van der Waals surface area contributed by atoms with Gasteiger partial charge in [-0.05, 0) is 55.7 Å². The molecule has 1 heterocycles. The number of hydrogen-bond donors (Lipinski definition) is 1. The van der Waals surface area contributed by atoms with E-state index in [-0.39, 0.29) is 18.0 Å². The van der Waals surface area contributed by atoms with Gasteiger partial charge < -0.3 is 15.1 Å². The third kappa shape index (κ3) is 7.66. The van der Waals surface area contributed by atoms with Crippen LogP contribution in [0.25, 0.3) is 0 Å². The van der Waals surface area contributed by atoms with E-state index in [4.69, 9.17) is 11.6 Å². The van der Waals surface area contributed by atoms with Gasteiger partial charge in [-0.3, -0.25) is 4.79 Å². The van der Waals surface area contributed by atoms with Crippen molar-refractivity contribution in [3.8, 4) is 0 Å². The zero-order valence-electron chi connectivity index (χ0n) is 21.5. The highest BCUT2D eigenvalue weighted by Crippen LogP contribution is 2.19. The molecule has 3 aromatic carbocycles. The third-order valence-corrected chi connectivity index (χ3v) is 7.16. The first-order valence-electron chi connectivity index (χ1n) is 12.5. The Kier molecular flexibility index (Phi) is 9.51. The monoisotopic (exact) mass is 546 g/mol. The molecule has 8 heteroatoms. The Morgan fingerprint density at radius 3 is 2.16 bits per heavy atom. The van der Waals surface area contributed by atoms with Crippen LogP contribution in [0.3, 0.4) is 0 Å². The molecule has 3 amide bonds. The molecule has 196 valence electrons. The Hall–Kier alpha value is -3.68. The SMILES string of the molecule is CC(C)N(Cc1nc(C(=O)N(CCc2ccccc2)Cc2ccccc2)cs1)C(=O)Nc1ccc(Cl)cc1. The Morgan fingerprint density at radius 2 is 1.53 bits per heavy atom. The maximum Gasteiger partial charge on any atom is 0.322 e. The van der Waals surface area contributed by atoms with Crippen molar-refractivity contribution in [1.82, 2.24) is 14.8 Å². The largest absolute Gasteiger partial charge is 0.333 e. The highest BCUT2D eigenvalue weighted by atomic mass is 35.5. The number of rotatable bonds is 10. The van der Waals surface area contributed by atoms with Gasteiger partial charge in [0.15, 0.2) is 0 Å². The van der Waals surface area contributed by atoms with Crippen LogP contribution in [0.5, 0.6) is 0 Å². The molecule has 0 aliphatic heterocycles. The minimum absolute atomic E-state index is 0.0641. The van der Waals surface area contributed by atoms with Crippen LogP contribution < -0.4 is 5.32 Å². The summed E-state index contributed by atoms with van der Waals surface area (Å²) in [5, 5.41) is 6.00. The van der Waals surface area contributed by atoms with Crippen molar-refractivity contribution < 1.29 is 9.59 Å². The lowest BCUT2D eigenvalue weighted by Gasteiger charge is -2.26. The number of benzene rings is 3. The number of carbonyl (C=O) groups is 2. The van der Waals surface area contributed by atoms with E-state index in [1.807, 2.05) is 67.3 Å². The standard InChI is InChI=1S/C30H31ClN4O2S/c1-22(2)35(30(37)32-26-15-13-25(31)14-16-26)20-28-33-27(21-38-28)29(36)34(19-24-11-7-4-8-12-24)18-17-23-9-5-3-6-10-23/h3-16,21-22H,17-20H2,1-2H3,(H,32,37). The molecule has 0 spiro atoms. The van der Waals surface area contributed by atoms with E-state index in [1.165, 1.54) is 16.9 Å². The Bertz CT molecular complexity index is 1330. The second kappa shape index (κ2) is 13.2. The van der Waals surface area contributed by atoms with E-state index in [1.54, 1.807) is 34.5 Å². The smallest absolute Gasteiger partial charge is 0.322 e. The Morgan fingerprint density at radius 1 is 0.895 bits per heavy atom. The van der Waals surface area contributed by atoms with Gasteiger partial charge in [0.2, 0.25) is 0 Å². The molecule has 0 aliphatic carbocycles. The molecule has 4 rings (SSSR count). The molecular weight excluding hydrogens is 516 g/mol. The topological polar surface area (TPSA) is 65.5 Å². The lowest BCUT2D eigenvalue weighted by atomic mass is 10.1. The van der Waals surface area contributed by atoms with Gasteiger partial charge in [0.1, 0.15) is 10.7 Å². The summed E-state index contributed by atoms with van der Waals surface area (Å²) in [6, 6.07) is 26.8. The number of nitrogens with zero attached hydrogens (tertiary/aromatic N) is 3. The molecule has 1 aromatic heterocycles. The lowest BCUT2D eigenvalue weighted by Crippen LogP contribution is -2.39. The minimum atomic E-state index is -0.237. The molecule has 0 saturated heterocycles. The van der Waals surface area contributed by atoms with Gasteiger partial charge >= 0.3 is 6.03 Å². The first-order valence-corrected chi connectivity index (χ1v) is 13.8. The summed E-state index contributed by atoms with van der Waals surface area (Å²) in [7, 11) is 0. The van der Waals surface area contributed by atoms with E-state index in [0.717, 1.165) is 12.0 Å². The van der Waals surface area contributed by atoms with E-state index < -0.39 is 0 Å². The van der Waals surface area contributed by atoms with Crippen molar-refractivity contribution in [3.63, 3.8) is 0 Å². The van der Waals surface area contributed by atoms with Gasteiger partial charge in [-0.15, -0.1) is 11.3 Å². The molecule has 0 atom stereocenters. The first kappa shape index (κ1) is 27.4. The van der Waals surface area contributed by atoms with Crippen molar-refractivity contribution in [2.75, 3.05) is 11.9 Å². The summed E-state index contributed by atoms with van der Waals surface area (Å²) in [6.07, 6.45) is 0.752. The molecule has 38 heavy (non-hydrogen) atoms. The number of halogens is 1. The fourth-order valence-corrected chi connectivity index (χ4v) is 4.86. The number of thiazole rings is 1. The molecule has 0 unspecified atom stereocenters. The predicted octanol–water partition coefficient (Wildman–Crippen LogP) is 7.12. The normalized spacial score (nSPS) is 10.8. The van der Waals surface area contributed by atoms with Crippen molar-refractivity contribution in [1.29, 1.82) is 0 Å². The highest BCUT2D eigenvalue weighted by Gasteiger charge is 2.23. The van der Waals surface area contributed by atoms with Crippen LogP contribution in [0.15, 0.2) is 90.3 Å². The summed E-state index contributed by atoms with van der Waals surface area (Å²) < 4.78 is 0. The van der Waals surface area contributed by atoms with Crippen molar-refractivity contribution in [2.45, 2.75) is 39.4 Å². The third-order valence-electron chi connectivity index (χ3n) is 6.07. The molecule has 0 bridgehead atoms. The summed E-state index contributed by atoms with van der Waals surface area (Å²) in [4.78, 5) is 34.7. The summed E-state index contributed by atoms with van der Waals surface area (Å²) in [5.41, 5.74) is 3.30. The van der Waals surface area contributed by atoms with Crippen molar-refractivity contribution >= 4 is 40.6 Å². The number of amides is 3. The average Bonchev–Trinajstić information content (AvgIpc) is 3.40. The molecule has 6 nitrogen and oxygen atoms in total. The number of hydrogen-bond acceptors (Lipinski definition) is 4. The van der Waals surface area contributed by atoms with Gasteiger partial charge in [0.25, 0.3) is 5.91 Å². The molecule has 0 aliphatic rings. The fourth-order valence-electron chi connectivity index (χ4n) is 3.97. The number of aromatic nitrogens is 1. The number of urea groups is 1. The Labute approximate surface area is 232 Å². The zero-order chi connectivity index (χ0) is 26.9. The van der Waals surface area contributed by atoms with Crippen LogP contribution in [0.2, 0.25) is 5.02 Å². The van der Waals surface area contributed by atoms with Crippen LogP contribution in [-0.4, -0.2) is 39.3 Å². The van der Waals surface area contributed by atoms with Crippen molar-refractivity contribution in [2.24, 2.45) is 0 Å². The number of nitrogens with one attached hydrogen (secondary N) is 1. The van der Waals surface area contributed by atoms with Crippen LogP contribution >= 0.6 is 22.9 Å². The van der Waals surface area contributed by atoms with Crippen LogP contribution in [0.4, 0.5) is 10.5 Å². The summed E-state index contributed by atoms with van der Waals surface area (Å²) >= 11 is 7.34. The van der Waals surface area contributed by atoms with E-state index in [0.29, 0.717) is 41.0 Å².